The lowest BCUT2D eigenvalue weighted by atomic mass is 9.92. The molecule has 1 aliphatic rings. The number of nitro benzene ring substituents is 1. The Morgan fingerprint density at radius 1 is 1.30 bits per heavy atom. The van der Waals surface area contributed by atoms with Crippen LogP contribution < -0.4 is 0 Å². The first-order valence-electron chi connectivity index (χ1n) is 8.10. The van der Waals surface area contributed by atoms with Crippen molar-refractivity contribution in [3.05, 3.63) is 38.4 Å². The molecule has 126 valence electrons. The summed E-state index contributed by atoms with van der Waals surface area (Å²) in [5.41, 5.74) is 0.834. The summed E-state index contributed by atoms with van der Waals surface area (Å²) in [4.78, 5) is 25.5. The monoisotopic (exact) mass is 338 g/mol. The van der Waals surface area contributed by atoms with E-state index in [4.69, 9.17) is 11.6 Å². The van der Waals surface area contributed by atoms with Gasteiger partial charge in [-0.2, -0.15) is 0 Å². The SMILES string of the molecule is Cc1cc(Cl)c([N+](=O)[O-])cc1C(=O)N(C(C)C)C1CCCCC1. The Morgan fingerprint density at radius 3 is 2.43 bits per heavy atom. The maximum atomic E-state index is 13.1. The van der Waals surface area contributed by atoms with Crippen LogP contribution in [0.3, 0.4) is 0 Å². The molecule has 0 aliphatic heterocycles. The number of carbonyl (C=O) groups is 1. The van der Waals surface area contributed by atoms with Crippen LogP contribution in [0.5, 0.6) is 0 Å². The zero-order valence-corrected chi connectivity index (χ0v) is 14.6. The van der Waals surface area contributed by atoms with E-state index in [2.05, 4.69) is 0 Å². The van der Waals surface area contributed by atoms with Crippen LogP contribution in [0.4, 0.5) is 5.69 Å². The number of amides is 1. The third-order valence-corrected chi connectivity index (χ3v) is 4.78. The Labute approximate surface area is 141 Å². The van der Waals surface area contributed by atoms with Crippen molar-refractivity contribution in [2.45, 2.75) is 65.0 Å². The first kappa shape index (κ1) is 17.7. The van der Waals surface area contributed by atoms with Gasteiger partial charge in [-0.15, -0.1) is 0 Å². The maximum Gasteiger partial charge on any atom is 0.288 e. The van der Waals surface area contributed by atoms with E-state index in [0.29, 0.717) is 11.1 Å². The van der Waals surface area contributed by atoms with Crippen LogP contribution in [-0.2, 0) is 0 Å². The molecule has 0 radical (unpaired) electrons. The number of benzene rings is 1. The lowest BCUT2D eigenvalue weighted by molar-refractivity contribution is -0.384. The molecule has 0 unspecified atom stereocenters. The standard InChI is InChI=1S/C17H23ClN2O3/c1-11(2)19(13-7-5-4-6-8-13)17(21)14-10-16(20(22)23)15(18)9-12(14)3/h9-11,13H,4-8H2,1-3H3. The topological polar surface area (TPSA) is 63.5 Å². The summed E-state index contributed by atoms with van der Waals surface area (Å²) in [5, 5.41) is 11.2. The maximum absolute atomic E-state index is 13.1. The molecule has 2 rings (SSSR count). The van der Waals surface area contributed by atoms with Crippen LogP contribution in [-0.4, -0.2) is 27.8 Å². The van der Waals surface area contributed by atoms with Crippen LogP contribution in [0, 0.1) is 17.0 Å². The molecule has 1 aliphatic carbocycles. The van der Waals surface area contributed by atoms with E-state index in [9.17, 15) is 14.9 Å². The number of aryl methyl sites for hydroxylation is 1. The normalized spacial score (nSPS) is 15.7. The average molecular weight is 339 g/mol. The van der Waals surface area contributed by atoms with E-state index in [0.717, 1.165) is 25.7 Å². The van der Waals surface area contributed by atoms with Gasteiger partial charge >= 0.3 is 0 Å². The molecular weight excluding hydrogens is 316 g/mol. The summed E-state index contributed by atoms with van der Waals surface area (Å²) in [7, 11) is 0. The highest BCUT2D eigenvalue weighted by Gasteiger charge is 2.30. The van der Waals surface area contributed by atoms with Gasteiger partial charge in [0.1, 0.15) is 5.02 Å². The van der Waals surface area contributed by atoms with E-state index in [1.54, 1.807) is 6.92 Å². The van der Waals surface area contributed by atoms with E-state index < -0.39 is 4.92 Å². The van der Waals surface area contributed by atoms with Gasteiger partial charge in [0.15, 0.2) is 0 Å². The molecule has 0 N–H and O–H groups in total. The summed E-state index contributed by atoms with van der Waals surface area (Å²) >= 11 is 5.93. The predicted octanol–water partition coefficient (Wildman–Crippen LogP) is 4.74. The highest BCUT2D eigenvalue weighted by Crippen LogP contribution is 2.31. The zero-order chi connectivity index (χ0) is 17.1. The minimum atomic E-state index is -0.543. The van der Waals surface area contributed by atoms with Gasteiger partial charge in [0.05, 0.1) is 4.92 Å². The third-order valence-electron chi connectivity index (χ3n) is 4.48. The van der Waals surface area contributed by atoms with E-state index >= 15 is 0 Å². The zero-order valence-electron chi connectivity index (χ0n) is 13.8. The van der Waals surface area contributed by atoms with Crippen molar-refractivity contribution < 1.29 is 9.72 Å². The third kappa shape index (κ3) is 3.83. The van der Waals surface area contributed by atoms with Gasteiger partial charge in [-0.05, 0) is 45.2 Å². The van der Waals surface area contributed by atoms with E-state index in [1.165, 1.54) is 18.6 Å². The highest BCUT2D eigenvalue weighted by molar-refractivity contribution is 6.32. The minimum absolute atomic E-state index is 0.0553. The second-order valence-electron chi connectivity index (χ2n) is 6.47. The summed E-state index contributed by atoms with van der Waals surface area (Å²) in [6, 6.07) is 3.09. The molecule has 0 saturated heterocycles. The van der Waals surface area contributed by atoms with E-state index in [-0.39, 0.29) is 28.7 Å². The van der Waals surface area contributed by atoms with Gasteiger partial charge in [0.2, 0.25) is 0 Å². The van der Waals surface area contributed by atoms with Gasteiger partial charge in [0, 0.05) is 23.7 Å². The first-order valence-corrected chi connectivity index (χ1v) is 8.48. The summed E-state index contributed by atoms with van der Waals surface area (Å²) in [6.45, 7) is 5.75. The number of nitro groups is 1. The van der Waals surface area contributed by atoms with Crippen molar-refractivity contribution in [1.82, 2.24) is 4.90 Å². The molecule has 0 heterocycles. The second kappa shape index (κ2) is 7.30. The molecule has 1 aromatic rings. The highest BCUT2D eigenvalue weighted by atomic mass is 35.5. The Morgan fingerprint density at radius 2 is 1.91 bits per heavy atom. The lowest BCUT2D eigenvalue weighted by Crippen LogP contribution is -2.46. The van der Waals surface area contributed by atoms with Crippen molar-refractivity contribution >= 4 is 23.2 Å². The quantitative estimate of drug-likeness (QED) is 0.588. The fraction of sp³-hybridized carbons (Fsp3) is 0.588. The molecule has 6 heteroatoms. The molecule has 1 amide bonds. The molecule has 0 bridgehead atoms. The van der Waals surface area contributed by atoms with Crippen LogP contribution >= 0.6 is 11.6 Å². The minimum Gasteiger partial charge on any atom is -0.333 e. The molecule has 1 saturated carbocycles. The van der Waals surface area contributed by atoms with Crippen molar-refractivity contribution in [1.29, 1.82) is 0 Å². The van der Waals surface area contributed by atoms with Crippen molar-refractivity contribution in [3.8, 4) is 0 Å². The Hall–Kier alpha value is -1.62. The number of rotatable bonds is 4. The molecule has 0 spiro atoms. The van der Waals surface area contributed by atoms with Gasteiger partial charge in [-0.3, -0.25) is 14.9 Å². The summed E-state index contributed by atoms with van der Waals surface area (Å²) in [6.07, 6.45) is 5.46. The van der Waals surface area contributed by atoms with Gasteiger partial charge in [0.25, 0.3) is 11.6 Å². The largest absolute Gasteiger partial charge is 0.333 e. The van der Waals surface area contributed by atoms with Crippen LogP contribution in [0.1, 0.15) is 61.9 Å². The Kier molecular flexibility index (Phi) is 5.63. The number of carbonyl (C=O) groups excluding carboxylic acids is 1. The molecule has 5 nitrogen and oxygen atoms in total. The van der Waals surface area contributed by atoms with Crippen molar-refractivity contribution in [2.75, 3.05) is 0 Å². The van der Waals surface area contributed by atoms with Gasteiger partial charge < -0.3 is 4.90 Å². The fourth-order valence-electron chi connectivity index (χ4n) is 3.35. The number of hydrogen-bond acceptors (Lipinski definition) is 3. The molecule has 1 fully saturated rings. The number of hydrogen-bond donors (Lipinski definition) is 0. The lowest BCUT2D eigenvalue weighted by Gasteiger charge is -2.37. The fourth-order valence-corrected chi connectivity index (χ4v) is 3.64. The van der Waals surface area contributed by atoms with E-state index in [1.807, 2.05) is 18.7 Å². The predicted molar refractivity (Wildman–Crippen MR) is 91.0 cm³/mol. The van der Waals surface area contributed by atoms with Crippen LogP contribution in [0.2, 0.25) is 5.02 Å². The van der Waals surface area contributed by atoms with Crippen molar-refractivity contribution in [3.63, 3.8) is 0 Å². The number of halogens is 1. The number of nitrogens with zero attached hydrogens (tertiary/aromatic N) is 2. The van der Waals surface area contributed by atoms with Gasteiger partial charge in [-0.25, -0.2) is 0 Å². The van der Waals surface area contributed by atoms with Crippen LogP contribution in [0.25, 0.3) is 0 Å². The molecular formula is C17H23ClN2O3. The second-order valence-corrected chi connectivity index (χ2v) is 6.88. The molecule has 0 aromatic heterocycles. The average Bonchev–Trinajstić information content (AvgIpc) is 2.47. The van der Waals surface area contributed by atoms with Gasteiger partial charge in [-0.1, -0.05) is 30.9 Å². The Balaban J connectivity index is 2.40. The first-order chi connectivity index (χ1) is 10.8. The summed E-state index contributed by atoms with van der Waals surface area (Å²) < 4.78 is 0. The molecule has 0 atom stereocenters. The van der Waals surface area contributed by atoms with Crippen molar-refractivity contribution in [2.24, 2.45) is 0 Å². The Bertz CT molecular complexity index is 610. The summed E-state index contributed by atoms with van der Waals surface area (Å²) in [5.74, 6) is -0.135. The smallest absolute Gasteiger partial charge is 0.288 e. The molecule has 1 aromatic carbocycles. The molecule has 23 heavy (non-hydrogen) atoms. The van der Waals surface area contributed by atoms with Crippen LogP contribution in [0.15, 0.2) is 12.1 Å².